The summed E-state index contributed by atoms with van der Waals surface area (Å²) in [6, 6.07) is 113. The van der Waals surface area contributed by atoms with Gasteiger partial charge in [0.25, 0.3) is 0 Å². The minimum atomic E-state index is -0.650. The van der Waals surface area contributed by atoms with Crippen LogP contribution in [0.2, 0.25) is 0 Å². The molecule has 2 nitrogen and oxygen atoms in total. The smallest absolute Gasteiger partial charge is 0.0755 e. The molecule has 2 heteroatoms. The van der Waals surface area contributed by atoms with Gasteiger partial charge in [-0.15, -0.1) is 0 Å². The van der Waals surface area contributed by atoms with E-state index in [-0.39, 0.29) is 0 Å². The second-order valence-electron chi connectivity index (χ2n) is 20.2. The van der Waals surface area contributed by atoms with Crippen LogP contribution in [0, 0.1) is 0 Å². The number of fused-ring (bicyclic) bond motifs is 12. The van der Waals surface area contributed by atoms with Crippen molar-refractivity contribution in [1.82, 2.24) is 0 Å². The number of nitrogens with zero attached hydrogens (tertiary/aromatic N) is 2. The van der Waals surface area contributed by atoms with E-state index < -0.39 is 10.8 Å². The van der Waals surface area contributed by atoms with E-state index >= 15 is 0 Å². The molecule has 0 amide bonds. The Morgan fingerprint density at radius 2 is 0.697 bits per heavy atom. The summed E-state index contributed by atoms with van der Waals surface area (Å²) in [5.41, 5.74) is 25.2. The minimum Gasteiger partial charge on any atom is -0.310 e. The van der Waals surface area contributed by atoms with E-state index in [2.05, 4.69) is 313 Å². The largest absolute Gasteiger partial charge is 0.310 e. The molecule has 0 aromatic heterocycles. The molecule has 0 unspecified atom stereocenters. The van der Waals surface area contributed by atoms with Crippen LogP contribution in [-0.2, 0) is 10.8 Å². The van der Waals surface area contributed by atoms with E-state index in [0.717, 1.165) is 45.0 Å². The van der Waals surface area contributed by atoms with Gasteiger partial charge < -0.3 is 9.80 Å². The van der Waals surface area contributed by atoms with Crippen LogP contribution < -0.4 is 9.80 Å². The van der Waals surface area contributed by atoms with E-state index in [9.17, 15) is 0 Å². The van der Waals surface area contributed by atoms with E-state index in [1.54, 1.807) is 0 Å². The van der Waals surface area contributed by atoms with Crippen molar-refractivity contribution in [2.75, 3.05) is 9.80 Å². The van der Waals surface area contributed by atoms with Crippen LogP contribution in [0.5, 0.6) is 0 Å². The Hall–Kier alpha value is -9.76. The zero-order valence-corrected chi connectivity index (χ0v) is 41.8. The van der Waals surface area contributed by atoms with E-state index in [0.29, 0.717) is 0 Å². The fourth-order valence-electron chi connectivity index (χ4n) is 13.6. The van der Waals surface area contributed by atoms with Crippen molar-refractivity contribution in [2.45, 2.75) is 10.8 Å². The van der Waals surface area contributed by atoms with E-state index in [1.807, 2.05) is 0 Å². The molecule has 1 aliphatic heterocycles. The van der Waals surface area contributed by atoms with Crippen molar-refractivity contribution in [3.8, 4) is 44.5 Å². The topological polar surface area (TPSA) is 6.48 Å². The van der Waals surface area contributed by atoms with Crippen molar-refractivity contribution < 1.29 is 0 Å². The van der Waals surface area contributed by atoms with Gasteiger partial charge in [0, 0.05) is 28.1 Å². The van der Waals surface area contributed by atoms with Crippen LogP contribution in [0.1, 0.15) is 44.5 Å². The Kier molecular flexibility index (Phi) is 10.0. The molecule has 0 bridgehead atoms. The number of benzene rings is 12. The summed E-state index contributed by atoms with van der Waals surface area (Å²) in [4.78, 5) is 5.09. The van der Waals surface area contributed by atoms with Gasteiger partial charge in [0.1, 0.15) is 0 Å². The molecule has 2 aliphatic carbocycles. The molecule has 0 radical (unpaired) electrons. The lowest BCUT2D eigenvalue weighted by atomic mass is 9.64. The molecule has 76 heavy (non-hydrogen) atoms. The highest BCUT2D eigenvalue weighted by molar-refractivity contribution is 6.05. The second kappa shape index (κ2) is 17.4. The number of para-hydroxylation sites is 4. The molecule has 0 atom stereocenters. The van der Waals surface area contributed by atoms with E-state index in [4.69, 9.17) is 0 Å². The zero-order chi connectivity index (χ0) is 50.2. The molecule has 1 heterocycles. The molecular weight excluding hydrogens is 917 g/mol. The highest BCUT2D eigenvalue weighted by atomic mass is 15.2. The van der Waals surface area contributed by atoms with Gasteiger partial charge >= 0.3 is 0 Å². The molecule has 1 spiro atoms. The van der Waals surface area contributed by atoms with Crippen molar-refractivity contribution >= 4 is 34.1 Å². The van der Waals surface area contributed by atoms with Crippen LogP contribution in [0.4, 0.5) is 34.1 Å². The first kappa shape index (κ1) is 43.8. The number of anilines is 6. The second-order valence-corrected chi connectivity index (χ2v) is 20.2. The predicted molar refractivity (Wildman–Crippen MR) is 315 cm³/mol. The Morgan fingerprint density at radius 1 is 0.276 bits per heavy atom. The number of rotatable bonds is 8. The summed E-state index contributed by atoms with van der Waals surface area (Å²) < 4.78 is 0. The fraction of sp³-hybridized carbons (Fsp3) is 0.0270. The van der Waals surface area contributed by atoms with Gasteiger partial charge in [0.15, 0.2) is 0 Å². The van der Waals surface area contributed by atoms with Crippen molar-refractivity contribution in [3.63, 3.8) is 0 Å². The molecule has 12 aromatic rings. The highest BCUT2D eigenvalue weighted by Crippen LogP contribution is 2.66. The molecule has 0 N–H and O–H groups in total. The van der Waals surface area contributed by atoms with Crippen molar-refractivity contribution in [2.24, 2.45) is 0 Å². The van der Waals surface area contributed by atoms with Crippen molar-refractivity contribution in [3.05, 3.63) is 348 Å². The van der Waals surface area contributed by atoms with Gasteiger partial charge in [0.2, 0.25) is 0 Å². The Balaban J connectivity index is 1.08. The lowest BCUT2D eigenvalue weighted by molar-refractivity contribution is 0.752. The van der Waals surface area contributed by atoms with Gasteiger partial charge in [-0.05, 0) is 115 Å². The molecule has 0 saturated heterocycles. The normalized spacial score (nSPS) is 13.7. The zero-order valence-electron chi connectivity index (χ0n) is 41.8. The quantitative estimate of drug-likeness (QED) is 0.150. The first-order valence-electron chi connectivity index (χ1n) is 26.4. The van der Waals surface area contributed by atoms with Gasteiger partial charge in [-0.25, -0.2) is 0 Å². The fourth-order valence-corrected chi connectivity index (χ4v) is 13.6. The van der Waals surface area contributed by atoms with Gasteiger partial charge in [-0.3, -0.25) is 0 Å². The Morgan fingerprint density at radius 3 is 1.28 bits per heavy atom. The molecule has 3 aliphatic rings. The summed E-state index contributed by atoms with van der Waals surface area (Å²) in [5.74, 6) is 0. The Labute approximate surface area is 444 Å². The van der Waals surface area contributed by atoms with Crippen LogP contribution in [0.3, 0.4) is 0 Å². The standard InChI is InChI=1S/C74H50N2/c1-6-26-51(27-7-1)57-38-24-39-58(52-28-8-2-9-29-52)72(57)76(56-48-49-60-59-36-16-18-40-62(59)73(67(60)50-56,53-30-10-3-11-31-53)54-32-12-4-13-33-54)70-47-25-44-66-71(70)61-37-17-19-41-63(61)74(66)64-42-20-22-45-68(64)75(55-34-14-5-15-35-55)69-46-23-21-43-65(69)74/h1-50H. The summed E-state index contributed by atoms with van der Waals surface area (Å²) >= 11 is 0. The number of hydrogen-bond donors (Lipinski definition) is 0. The maximum Gasteiger partial charge on any atom is 0.0755 e. The summed E-state index contributed by atoms with van der Waals surface area (Å²) in [5, 5.41) is 0. The predicted octanol–water partition coefficient (Wildman–Crippen LogP) is 19.0. The van der Waals surface area contributed by atoms with Gasteiger partial charge in [-0.1, -0.05) is 261 Å². The SMILES string of the molecule is c1ccc(-c2cccc(-c3ccccc3)c2N(c2ccc3c(c2)C(c2ccccc2)(c2ccccc2)c2ccccc2-3)c2cccc3c2-c2ccccc2C32c3ccccc3N(c3ccccc3)c3ccccc32)cc1. The third kappa shape index (κ3) is 6.22. The third-order valence-corrected chi connectivity index (χ3v) is 16.5. The lowest BCUT2D eigenvalue weighted by Crippen LogP contribution is -2.36. The molecule has 15 rings (SSSR count). The number of hydrogen-bond acceptors (Lipinski definition) is 2. The monoisotopic (exact) mass is 966 g/mol. The van der Waals surface area contributed by atoms with Crippen LogP contribution in [-0.4, -0.2) is 0 Å². The molecular formula is C74H50N2. The highest BCUT2D eigenvalue weighted by Gasteiger charge is 2.53. The summed E-state index contributed by atoms with van der Waals surface area (Å²) in [7, 11) is 0. The van der Waals surface area contributed by atoms with Gasteiger partial charge in [-0.2, -0.15) is 0 Å². The van der Waals surface area contributed by atoms with Crippen LogP contribution in [0.25, 0.3) is 44.5 Å². The Bertz CT molecular complexity index is 4020. The van der Waals surface area contributed by atoms with Crippen LogP contribution >= 0.6 is 0 Å². The average Bonchev–Trinajstić information content (AvgIpc) is 4.19. The molecule has 12 aromatic carbocycles. The molecule has 0 fully saturated rings. The maximum absolute atomic E-state index is 2.63. The van der Waals surface area contributed by atoms with E-state index in [1.165, 1.54) is 78.1 Å². The van der Waals surface area contributed by atoms with Gasteiger partial charge in [0.05, 0.1) is 33.6 Å². The first-order chi connectivity index (χ1) is 37.8. The first-order valence-corrected chi connectivity index (χ1v) is 26.4. The molecule has 356 valence electrons. The van der Waals surface area contributed by atoms with Crippen molar-refractivity contribution in [1.29, 1.82) is 0 Å². The molecule has 0 saturated carbocycles. The maximum atomic E-state index is 2.63. The third-order valence-electron chi connectivity index (χ3n) is 16.5. The lowest BCUT2D eigenvalue weighted by Gasteiger charge is -2.45. The minimum absolute atomic E-state index is 0.604. The van der Waals surface area contributed by atoms with Crippen LogP contribution in [0.15, 0.2) is 303 Å². The summed E-state index contributed by atoms with van der Waals surface area (Å²) in [6.45, 7) is 0. The summed E-state index contributed by atoms with van der Waals surface area (Å²) in [6.07, 6.45) is 0. The average molecular weight is 967 g/mol.